The van der Waals surface area contributed by atoms with Gasteiger partial charge in [0.1, 0.15) is 5.69 Å². The third-order valence-electron chi connectivity index (χ3n) is 6.20. The van der Waals surface area contributed by atoms with Gasteiger partial charge < -0.3 is 5.21 Å². The molecule has 0 spiro atoms. The van der Waals surface area contributed by atoms with Gasteiger partial charge in [0.15, 0.2) is 0 Å². The van der Waals surface area contributed by atoms with Crippen molar-refractivity contribution in [1.29, 1.82) is 0 Å². The number of azo groups is 1. The molecule has 6 rings (SSSR count). The summed E-state index contributed by atoms with van der Waals surface area (Å²) in [7, 11) is 0. The Labute approximate surface area is 213 Å². The third kappa shape index (κ3) is 4.38. The number of hydrogen-bond donors (Lipinski definition) is 0. The number of rotatable bonds is 4. The van der Waals surface area contributed by atoms with Crippen LogP contribution in [-0.2, 0) is 0 Å². The van der Waals surface area contributed by atoms with Gasteiger partial charge in [-0.25, -0.2) is 19.9 Å². The zero-order chi connectivity index (χ0) is 25.4. The maximum atomic E-state index is 12.8. The average Bonchev–Trinajstić information content (AvgIpc) is 2.93. The van der Waals surface area contributed by atoms with E-state index in [0.717, 1.165) is 56.0 Å². The fourth-order valence-electron chi connectivity index (χ4n) is 4.32. The number of aromatic nitrogens is 4. The lowest BCUT2D eigenvalue weighted by Gasteiger charge is -2.08. The van der Waals surface area contributed by atoms with E-state index in [4.69, 9.17) is 9.97 Å². The standard InChI is InChI=1S/C30H22N6O/c1-19-29(33-27-9-5-3-7-25(27)31-19)21-11-15-23(16-12-21)35-36(37)24-17-13-22(14-18-24)30-20(2)32-26-8-4-6-10-28(26)34-30/h3-18H,1-2H3/b36-35-. The highest BCUT2D eigenvalue weighted by Gasteiger charge is 2.11. The van der Waals surface area contributed by atoms with E-state index in [1.807, 2.05) is 86.6 Å². The smallest absolute Gasteiger partial charge is 0.244 e. The van der Waals surface area contributed by atoms with E-state index < -0.39 is 0 Å². The SMILES string of the molecule is Cc1nc2ccccc2nc1-c1ccc(/N=[N+](\[O-])c2ccc(-c3nc4ccccc4nc3C)cc2)cc1. The van der Waals surface area contributed by atoms with Gasteiger partial charge in [-0.05, 0) is 62.4 Å². The molecule has 6 aromatic rings. The molecule has 0 amide bonds. The van der Waals surface area contributed by atoms with Crippen molar-refractivity contribution in [1.82, 2.24) is 19.9 Å². The van der Waals surface area contributed by atoms with Crippen LogP contribution in [0.2, 0.25) is 0 Å². The van der Waals surface area contributed by atoms with Crippen LogP contribution < -0.4 is 0 Å². The van der Waals surface area contributed by atoms with Crippen LogP contribution in [0.5, 0.6) is 0 Å². The molecule has 0 saturated carbocycles. The first-order valence-corrected chi connectivity index (χ1v) is 11.9. The molecule has 0 bridgehead atoms. The molecule has 7 nitrogen and oxygen atoms in total. The minimum absolute atomic E-state index is 0.426. The summed E-state index contributed by atoms with van der Waals surface area (Å²) in [6, 6.07) is 30.2. The molecule has 0 unspecified atom stereocenters. The third-order valence-corrected chi connectivity index (χ3v) is 6.20. The van der Waals surface area contributed by atoms with Gasteiger partial charge in [-0.15, -0.1) is 0 Å². The Kier molecular flexibility index (Phi) is 5.58. The molecule has 0 atom stereocenters. The molecule has 4 aromatic carbocycles. The molecule has 0 aliphatic carbocycles. The zero-order valence-corrected chi connectivity index (χ0v) is 20.3. The van der Waals surface area contributed by atoms with E-state index in [2.05, 4.69) is 15.1 Å². The highest BCUT2D eigenvalue weighted by molar-refractivity contribution is 5.79. The van der Waals surface area contributed by atoms with Crippen molar-refractivity contribution in [3.8, 4) is 22.5 Å². The first-order valence-electron chi connectivity index (χ1n) is 11.9. The van der Waals surface area contributed by atoms with Crippen LogP contribution in [-0.4, -0.2) is 24.8 Å². The lowest BCUT2D eigenvalue weighted by Crippen LogP contribution is -1.95. The van der Waals surface area contributed by atoms with Crippen molar-refractivity contribution >= 4 is 33.4 Å². The molecule has 2 heterocycles. The van der Waals surface area contributed by atoms with Crippen LogP contribution in [0, 0.1) is 19.1 Å². The Morgan fingerprint density at radius 1 is 0.541 bits per heavy atom. The number of para-hydroxylation sites is 4. The first-order chi connectivity index (χ1) is 18.0. The second-order valence-electron chi connectivity index (χ2n) is 8.76. The number of benzene rings is 4. The van der Waals surface area contributed by atoms with Crippen molar-refractivity contribution in [2.24, 2.45) is 5.11 Å². The topological polar surface area (TPSA) is 90.0 Å². The summed E-state index contributed by atoms with van der Waals surface area (Å²) in [6.07, 6.45) is 0. The van der Waals surface area contributed by atoms with Crippen LogP contribution in [0.25, 0.3) is 44.6 Å². The molecule has 2 aromatic heterocycles. The highest BCUT2D eigenvalue weighted by atomic mass is 16.5. The lowest BCUT2D eigenvalue weighted by atomic mass is 10.1. The number of aryl methyl sites for hydroxylation is 2. The Hall–Kier alpha value is -5.04. The largest absolute Gasteiger partial charge is 0.594 e. The second-order valence-corrected chi connectivity index (χ2v) is 8.76. The molecule has 0 saturated heterocycles. The van der Waals surface area contributed by atoms with Gasteiger partial charge in [-0.3, -0.25) is 0 Å². The summed E-state index contributed by atoms with van der Waals surface area (Å²) in [5, 5.41) is 17.0. The van der Waals surface area contributed by atoms with Crippen LogP contribution >= 0.6 is 0 Å². The molecular weight excluding hydrogens is 460 g/mol. The molecule has 178 valence electrons. The van der Waals surface area contributed by atoms with E-state index in [9.17, 15) is 5.21 Å². The van der Waals surface area contributed by atoms with Gasteiger partial charge in [0, 0.05) is 28.4 Å². The van der Waals surface area contributed by atoms with Gasteiger partial charge in [0.2, 0.25) is 5.69 Å². The van der Waals surface area contributed by atoms with Crippen molar-refractivity contribution in [2.45, 2.75) is 13.8 Å². The van der Waals surface area contributed by atoms with Crippen LogP contribution in [0.1, 0.15) is 11.4 Å². The highest BCUT2D eigenvalue weighted by Crippen LogP contribution is 2.28. The molecule has 0 fully saturated rings. The lowest BCUT2D eigenvalue weighted by molar-refractivity contribution is -0.435. The molecule has 7 heteroatoms. The maximum absolute atomic E-state index is 12.8. The van der Waals surface area contributed by atoms with Gasteiger partial charge >= 0.3 is 0 Å². The molecular formula is C30H22N6O. The molecule has 0 N–H and O–H groups in total. The van der Waals surface area contributed by atoms with E-state index in [1.165, 1.54) is 0 Å². The van der Waals surface area contributed by atoms with Gasteiger partial charge in [-0.2, -0.15) is 0 Å². The fraction of sp³-hybridized carbons (Fsp3) is 0.0667. The van der Waals surface area contributed by atoms with Crippen LogP contribution in [0.3, 0.4) is 0 Å². The predicted octanol–water partition coefficient (Wildman–Crippen LogP) is 7.45. The number of hydrogen-bond acceptors (Lipinski definition) is 6. The zero-order valence-electron chi connectivity index (χ0n) is 20.3. The van der Waals surface area contributed by atoms with Gasteiger partial charge in [-0.1, -0.05) is 41.3 Å². The second kappa shape index (κ2) is 9.20. The van der Waals surface area contributed by atoms with E-state index in [-0.39, 0.29) is 0 Å². The predicted molar refractivity (Wildman–Crippen MR) is 145 cm³/mol. The van der Waals surface area contributed by atoms with Crippen molar-refractivity contribution < 1.29 is 4.86 Å². The quantitative estimate of drug-likeness (QED) is 0.148. The van der Waals surface area contributed by atoms with Crippen LogP contribution in [0.15, 0.2) is 102 Å². The molecule has 0 radical (unpaired) electrons. The summed E-state index contributed by atoms with van der Waals surface area (Å²) < 4.78 is 0. The van der Waals surface area contributed by atoms with Crippen molar-refractivity contribution in [3.05, 3.63) is 114 Å². The van der Waals surface area contributed by atoms with Crippen molar-refractivity contribution in [2.75, 3.05) is 0 Å². The Bertz CT molecular complexity index is 1790. The summed E-state index contributed by atoms with van der Waals surface area (Å²) >= 11 is 0. The molecule has 0 aliphatic heterocycles. The normalized spacial score (nSPS) is 11.8. The van der Waals surface area contributed by atoms with Crippen LogP contribution in [0.4, 0.5) is 11.4 Å². The number of fused-ring (bicyclic) bond motifs is 2. The fourth-order valence-corrected chi connectivity index (χ4v) is 4.32. The van der Waals surface area contributed by atoms with E-state index in [0.29, 0.717) is 16.2 Å². The van der Waals surface area contributed by atoms with Crippen molar-refractivity contribution in [3.63, 3.8) is 0 Å². The summed E-state index contributed by atoms with van der Waals surface area (Å²) in [5.41, 5.74) is 9.48. The first kappa shape index (κ1) is 22.4. The molecule has 0 aliphatic rings. The summed E-state index contributed by atoms with van der Waals surface area (Å²) in [6.45, 7) is 3.88. The van der Waals surface area contributed by atoms with E-state index in [1.54, 1.807) is 24.3 Å². The minimum atomic E-state index is 0.426. The average molecular weight is 483 g/mol. The summed E-state index contributed by atoms with van der Waals surface area (Å²) in [4.78, 5) is 19.5. The monoisotopic (exact) mass is 482 g/mol. The minimum Gasteiger partial charge on any atom is -0.594 e. The summed E-state index contributed by atoms with van der Waals surface area (Å²) in [5.74, 6) is 0. The van der Waals surface area contributed by atoms with Gasteiger partial charge in [0.25, 0.3) is 0 Å². The Morgan fingerprint density at radius 2 is 0.946 bits per heavy atom. The Balaban J connectivity index is 1.25. The van der Waals surface area contributed by atoms with Gasteiger partial charge in [0.05, 0.1) is 44.8 Å². The molecule has 37 heavy (non-hydrogen) atoms. The maximum Gasteiger partial charge on any atom is 0.244 e. The Morgan fingerprint density at radius 3 is 1.41 bits per heavy atom. The van der Waals surface area contributed by atoms with E-state index >= 15 is 0 Å². The number of nitrogens with zero attached hydrogens (tertiary/aromatic N) is 6.